The Morgan fingerprint density at radius 2 is 2.25 bits per heavy atom. The summed E-state index contributed by atoms with van der Waals surface area (Å²) in [5, 5.41) is 1.65. The van der Waals surface area contributed by atoms with Gasteiger partial charge in [0.15, 0.2) is 0 Å². The molecule has 0 aliphatic rings. The number of hydrogen-bond donors (Lipinski definition) is 1. The number of carbonyl (C=O) groups excluding carboxylic acids is 1. The number of rotatable bonds is 2. The second kappa shape index (κ2) is 3.56. The third kappa shape index (κ3) is 1.75. The summed E-state index contributed by atoms with van der Waals surface area (Å²) in [5.74, 6) is 5.37. The van der Waals surface area contributed by atoms with Gasteiger partial charge in [0.2, 0.25) is 6.41 Å². The number of benzene rings is 1. The highest BCUT2D eigenvalue weighted by molar-refractivity contribution is 6.30. The Labute approximate surface area is 75.7 Å². The Kier molecular flexibility index (Phi) is 2.68. The molecule has 0 aliphatic heterocycles. The van der Waals surface area contributed by atoms with Crippen molar-refractivity contribution in [2.45, 2.75) is 6.92 Å². The molecular formula is C8H9ClN2O. The fourth-order valence-electron chi connectivity index (χ4n) is 0.965. The van der Waals surface area contributed by atoms with E-state index >= 15 is 0 Å². The molecule has 64 valence electrons. The van der Waals surface area contributed by atoms with Gasteiger partial charge >= 0.3 is 0 Å². The monoisotopic (exact) mass is 184 g/mol. The molecule has 12 heavy (non-hydrogen) atoms. The molecule has 1 rings (SSSR count). The fourth-order valence-corrected chi connectivity index (χ4v) is 1.19. The highest BCUT2D eigenvalue weighted by Gasteiger charge is 2.03. The van der Waals surface area contributed by atoms with Crippen molar-refractivity contribution in [1.29, 1.82) is 0 Å². The van der Waals surface area contributed by atoms with Crippen LogP contribution in [0.25, 0.3) is 0 Å². The Morgan fingerprint density at radius 3 is 2.75 bits per heavy atom. The van der Waals surface area contributed by atoms with Crippen LogP contribution in [-0.4, -0.2) is 6.41 Å². The molecule has 1 aromatic rings. The zero-order valence-corrected chi connectivity index (χ0v) is 7.38. The molecule has 0 atom stereocenters. The molecule has 0 saturated heterocycles. The smallest absolute Gasteiger partial charge is 0.228 e. The van der Waals surface area contributed by atoms with Gasteiger partial charge in [-0.2, -0.15) is 0 Å². The molecule has 0 spiro atoms. The molecule has 0 saturated carbocycles. The predicted molar refractivity (Wildman–Crippen MR) is 48.9 cm³/mol. The first-order chi connectivity index (χ1) is 5.65. The molecule has 0 aliphatic carbocycles. The number of halogens is 1. The molecule has 0 radical (unpaired) electrons. The minimum Gasteiger partial charge on any atom is -0.277 e. The van der Waals surface area contributed by atoms with Crippen molar-refractivity contribution in [2.75, 3.05) is 5.01 Å². The average molecular weight is 185 g/mol. The van der Waals surface area contributed by atoms with E-state index in [0.717, 1.165) is 10.6 Å². The van der Waals surface area contributed by atoms with E-state index in [0.29, 0.717) is 17.1 Å². The van der Waals surface area contributed by atoms with Gasteiger partial charge in [-0.1, -0.05) is 11.6 Å². The molecule has 0 aromatic heterocycles. The van der Waals surface area contributed by atoms with Crippen LogP contribution in [0.5, 0.6) is 0 Å². The van der Waals surface area contributed by atoms with Crippen LogP contribution in [0.4, 0.5) is 5.69 Å². The summed E-state index contributed by atoms with van der Waals surface area (Å²) in [6.07, 6.45) is 0.552. The maximum Gasteiger partial charge on any atom is 0.228 e. The number of aryl methyl sites for hydroxylation is 1. The van der Waals surface area contributed by atoms with Crippen LogP contribution in [0.1, 0.15) is 5.56 Å². The number of nitrogens with zero attached hydrogens (tertiary/aromatic N) is 1. The van der Waals surface area contributed by atoms with Gasteiger partial charge in [0.1, 0.15) is 0 Å². The Morgan fingerprint density at radius 1 is 1.58 bits per heavy atom. The van der Waals surface area contributed by atoms with Gasteiger partial charge in [0.05, 0.1) is 5.69 Å². The molecule has 1 aromatic carbocycles. The van der Waals surface area contributed by atoms with Crippen molar-refractivity contribution < 1.29 is 4.79 Å². The summed E-state index contributed by atoms with van der Waals surface area (Å²) in [6.45, 7) is 1.84. The van der Waals surface area contributed by atoms with Gasteiger partial charge in [0.25, 0.3) is 0 Å². The highest BCUT2D eigenvalue weighted by atomic mass is 35.5. The maximum absolute atomic E-state index is 10.3. The predicted octanol–water partition coefficient (Wildman–Crippen LogP) is 1.48. The van der Waals surface area contributed by atoms with Crippen LogP contribution in [0.2, 0.25) is 5.02 Å². The minimum absolute atomic E-state index is 0.552. The number of hydrazine groups is 1. The van der Waals surface area contributed by atoms with Crippen LogP contribution >= 0.6 is 11.6 Å². The SMILES string of the molecule is Cc1cc(Cl)ccc1N(N)C=O. The summed E-state index contributed by atoms with van der Waals surface area (Å²) < 4.78 is 0. The van der Waals surface area contributed by atoms with E-state index in [1.54, 1.807) is 18.2 Å². The largest absolute Gasteiger partial charge is 0.277 e. The normalized spacial score (nSPS) is 9.58. The van der Waals surface area contributed by atoms with Gasteiger partial charge < -0.3 is 0 Å². The van der Waals surface area contributed by atoms with Crippen LogP contribution in [0, 0.1) is 6.92 Å². The van der Waals surface area contributed by atoms with Gasteiger partial charge in [-0.25, -0.2) is 5.84 Å². The summed E-state index contributed by atoms with van der Waals surface area (Å²) >= 11 is 5.72. The minimum atomic E-state index is 0.552. The van der Waals surface area contributed by atoms with Gasteiger partial charge in [-0.15, -0.1) is 0 Å². The van der Waals surface area contributed by atoms with E-state index in [2.05, 4.69) is 0 Å². The van der Waals surface area contributed by atoms with Crippen molar-refractivity contribution >= 4 is 23.7 Å². The molecule has 0 bridgehead atoms. The zero-order chi connectivity index (χ0) is 9.14. The van der Waals surface area contributed by atoms with Crippen LogP contribution in [0.15, 0.2) is 18.2 Å². The zero-order valence-electron chi connectivity index (χ0n) is 6.62. The summed E-state index contributed by atoms with van der Waals surface area (Å²) in [4.78, 5) is 10.3. The molecule has 0 heterocycles. The standard InChI is InChI=1S/C8H9ClN2O/c1-6-4-7(9)2-3-8(6)11(10)5-12/h2-5H,10H2,1H3. The van der Waals surface area contributed by atoms with E-state index in [-0.39, 0.29) is 0 Å². The Bertz CT molecular complexity index is 301. The van der Waals surface area contributed by atoms with E-state index in [4.69, 9.17) is 17.4 Å². The molecule has 3 nitrogen and oxygen atoms in total. The third-order valence-electron chi connectivity index (χ3n) is 1.55. The van der Waals surface area contributed by atoms with E-state index < -0.39 is 0 Å². The lowest BCUT2D eigenvalue weighted by Gasteiger charge is -2.12. The van der Waals surface area contributed by atoms with Gasteiger partial charge in [-0.3, -0.25) is 9.80 Å². The van der Waals surface area contributed by atoms with E-state index in [1.165, 1.54) is 0 Å². The lowest BCUT2D eigenvalue weighted by Crippen LogP contribution is -2.29. The molecule has 2 N–H and O–H groups in total. The fraction of sp³-hybridized carbons (Fsp3) is 0.125. The second-order valence-corrected chi connectivity index (χ2v) is 2.88. The Hall–Kier alpha value is -1.06. The number of nitrogens with two attached hydrogens (primary N) is 1. The first kappa shape index (κ1) is 9.03. The first-order valence-electron chi connectivity index (χ1n) is 3.40. The second-order valence-electron chi connectivity index (χ2n) is 2.44. The first-order valence-corrected chi connectivity index (χ1v) is 3.78. The molecule has 0 unspecified atom stereocenters. The molecular weight excluding hydrogens is 176 g/mol. The van der Waals surface area contributed by atoms with Crippen molar-refractivity contribution in [2.24, 2.45) is 5.84 Å². The average Bonchev–Trinajstić information content (AvgIpc) is 2.03. The van der Waals surface area contributed by atoms with Gasteiger partial charge in [-0.05, 0) is 30.7 Å². The van der Waals surface area contributed by atoms with Crippen LogP contribution in [-0.2, 0) is 4.79 Å². The molecule has 1 amide bonds. The highest BCUT2D eigenvalue weighted by Crippen LogP contribution is 2.20. The van der Waals surface area contributed by atoms with Crippen molar-refractivity contribution in [3.05, 3.63) is 28.8 Å². The van der Waals surface area contributed by atoms with Gasteiger partial charge in [0, 0.05) is 5.02 Å². The number of anilines is 1. The summed E-state index contributed by atoms with van der Waals surface area (Å²) in [6, 6.07) is 5.14. The van der Waals surface area contributed by atoms with E-state index in [1.807, 2.05) is 6.92 Å². The number of amides is 1. The number of hydrogen-bond acceptors (Lipinski definition) is 2. The Balaban J connectivity index is 3.09. The van der Waals surface area contributed by atoms with Crippen molar-refractivity contribution in [3.63, 3.8) is 0 Å². The van der Waals surface area contributed by atoms with Crippen molar-refractivity contribution in [3.8, 4) is 0 Å². The maximum atomic E-state index is 10.3. The lowest BCUT2D eigenvalue weighted by molar-refractivity contribution is -0.107. The van der Waals surface area contributed by atoms with Crippen LogP contribution < -0.4 is 10.9 Å². The molecule has 4 heteroatoms. The topological polar surface area (TPSA) is 46.3 Å². The summed E-state index contributed by atoms with van der Waals surface area (Å²) in [7, 11) is 0. The molecule has 0 fully saturated rings. The summed E-state index contributed by atoms with van der Waals surface area (Å²) in [5.41, 5.74) is 1.53. The quantitative estimate of drug-likeness (QED) is 0.328. The third-order valence-corrected chi connectivity index (χ3v) is 1.79. The number of carbonyl (C=O) groups is 1. The van der Waals surface area contributed by atoms with E-state index in [9.17, 15) is 4.79 Å². The lowest BCUT2D eigenvalue weighted by atomic mass is 10.2. The van der Waals surface area contributed by atoms with Crippen molar-refractivity contribution in [1.82, 2.24) is 0 Å². The van der Waals surface area contributed by atoms with Crippen LogP contribution in [0.3, 0.4) is 0 Å².